The predicted molar refractivity (Wildman–Crippen MR) is 79.2 cm³/mol. The van der Waals surface area contributed by atoms with Crippen molar-refractivity contribution >= 4 is 19.6 Å². The van der Waals surface area contributed by atoms with Gasteiger partial charge < -0.3 is 14.4 Å². The van der Waals surface area contributed by atoms with Gasteiger partial charge in [0.05, 0.1) is 33.0 Å². The summed E-state index contributed by atoms with van der Waals surface area (Å²) in [6, 6.07) is 3.87. The van der Waals surface area contributed by atoms with Crippen LogP contribution in [0.3, 0.4) is 0 Å². The zero-order valence-corrected chi connectivity index (χ0v) is 13.2. The molecule has 0 amide bonds. The summed E-state index contributed by atoms with van der Waals surface area (Å²) < 4.78 is 10.2. The van der Waals surface area contributed by atoms with Gasteiger partial charge in [-0.05, 0) is 44.1 Å². The Morgan fingerprint density at radius 3 is 2.80 bits per heavy atom. The number of ether oxygens (including phenoxy) is 1. The van der Waals surface area contributed by atoms with Crippen molar-refractivity contribution in [3.63, 3.8) is 0 Å². The van der Waals surface area contributed by atoms with E-state index in [1.807, 2.05) is 25.7 Å². The molecule has 5 nitrogen and oxygen atoms in total. The summed E-state index contributed by atoms with van der Waals surface area (Å²) in [4.78, 5) is 15.5. The lowest BCUT2D eigenvalue weighted by atomic mass is 10.1. The van der Waals surface area contributed by atoms with E-state index in [1.54, 1.807) is 0 Å². The third-order valence-electron chi connectivity index (χ3n) is 2.81. The van der Waals surface area contributed by atoms with Crippen molar-refractivity contribution in [2.45, 2.75) is 32.8 Å². The van der Waals surface area contributed by atoms with Gasteiger partial charge in [-0.3, -0.25) is 4.79 Å². The molecule has 20 heavy (non-hydrogen) atoms. The molecule has 0 radical (unpaired) electrons. The van der Waals surface area contributed by atoms with Gasteiger partial charge >= 0.3 is 5.97 Å². The van der Waals surface area contributed by atoms with E-state index in [4.69, 9.17) is 4.52 Å². The monoisotopic (exact) mass is 299 g/mol. The summed E-state index contributed by atoms with van der Waals surface area (Å²) in [5, 5.41) is 9.28. The summed E-state index contributed by atoms with van der Waals surface area (Å²) in [5.41, 5.74) is 2.59. The van der Waals surface area contributed by atoms with Crippen molar-refractivity contribution in [2.75, 3.05) is 20.4 Å². The number of esters is 1. The molecule has 0 aliphatic heterocycles. The minimum absolute atomic E-state index is 0.0901. The molecule has 1 aromatic heterocycles. The van der Waals surface area contributed by atoms with Crippen LogP contribution in [0.1, 0.15) is 31.0 Å². The molecule has 0 aliphatic rings. The SMILES string of the molecule is CCOP(C)c1cc(CCCC(=O)OC)cc(CO)n1. The van der Waals surface area contributed by atoms with Crippen LogP contribution < -0.4 is 5.44 Å². The lowest BCUT2D eigenvalue weighted by molar-refractivity contribution is -0.140. The molecule has 0 bridgehead atoms. The van der Waals surface area contributed by atoms with E-state index in [9.17, 15) is 9.90 Å². The first-order chi connectivity index (χ1) is 9.60. The van der Waals surface area contributed by atoms with Gasteiger partial charge in [0.25, 0.3) is 0 Å². The maximum absolute atomic E-state index is 11.1. The number of aryl methyl sites for hydroxylation is 1. The highest BCUT2D eigenvalue weighted by Crippen LogP contribution is 2.30. The molecule has 1 atom stereocenters. The lowest BCUT2D eigenvalue weighted by Gasteiger charge is -2.13. The molecule has 1 N–H and O–H groups in total. The number of pyridine rings is 1. The number of aliphatic hydroxyl groups is 1. The van der Waals surface area contributed by atoms with Crippen LogP contribution in [-0.2, 0) is 27.1 Å². The smallest absolute Gasteiger partial charge is 0.305 e. The zero-order valence-electron chi connectivity index (χ0n) is 12.3. The van der Waals surface area contributed by atoms with E-state index in [0.717, 1.165) is 23.8 Å². The molecular weight excluding hydrogens is 277 g/mol. The number of hydrogen-bond donors (Lipinski definition) is 1. The number of aromatic nitrogens is 1. The number of methoxy groups -OCH3 is 1. The largest absolute Gasteiger partial charge is 0.469 e. The van der Waals surface area contributed by atoms with Crippen molar-refractivity contribution in [1.29, 1.82) is 0 Å². The van der Waals surface area contributed by atoms with Crippen LogP contribution >= 0.6 is 8.15 Å². The molecule has 0 saturated heterocycles. The number of carbonyl (C=O) groups excluding carboxylic acids is 1. The highest BCUT2D eigenvalue weighted by molar-refractivity contribution is 7.59. The van der Waals surface area contributed by atoms with Gasteiger partial charge in [-0.15, -0.1) is 0 Å². The standard InChI is InChI=1S/C14H22NO4P/c1-4-19-20(3)13-9-11(8-12(10-16)15-13)6-5-7-14(17)18-2/h8-9,16H,4-7,10H2,1-3H3. The number of rotatable bonds is 8. The van der Waals surface area contributed by atoms with Crippen molar-refractivity contribution in [1.82, 2.24) is 4.98 Å². The predicted octanol–water partition coefficient (Wildman–Crippen LogP) is 1.76. The van der Waals surface area contributed by atoms with Gasteiger partial charge in [0, 0.05) is 13.0 Å². The average Bonchev–Trinajstić information content (AvgIpc) is 2.46. The molecule has 0 spiro atoms. The maximum atomic E-state index is 11.1. The van der Waals surface area contributed by atoms with E-state index in [0.29, 0.717) is 18.7 Å². The van der Waals surface area contributed by atoms with Gasteiger partial charge in [-0.1, -0.05) is 0 Å². The first-order valence-corrected chi connectivity index (χ1v) is 8.35. The second-order valence-electron chi connectivity index (χ2n) is 4.33. The Morgan fingerprint density at radius 1 is 1.45 bits per heavy atom. The normalized spacial score (nSPS) is 12.2. The fraction of sp³-hybridized carbons (Fsp3) is 0.571. The summed E-state index contributed by atoms with van der Waals surface area (Å²) in [7, 11) is 0.634. The Labute approximate surface area is 121 Å². The Kier molecular flexibility index (Phi) is 7.67. The van der Waals surface area contributed by atoms with Crippen molar-refractivity contribution in [3.8, 4) is 0 Å². The number of nitrogens with zero attached hydrogens (tertiary/aromatic N) is 1. The first kappa shape index (κ1) is 17.0. The van der Waals surface area contributed by atoms with E-state index in [1.165, 1.54) is 7.11 Å². The zero-order chi connectivity index (χ0) is 15.0. The topological polar surface area (TPSA) is 68.7 Å². The van der Waals surface area contributed by atoms with E-state index in [-0.39, 0.29) is 12.6 Å². The Bertz CT molecular complexity index is 439. The van der Waals surface area contributed by atoms with Gasteiger partial charge in [-0.2, -0.15) is 0 Å². The Morgan fingerprint density at radius 2 is 2.20 bits per heavy atom. The van der Waals surface area contributed by atoms with Crippen LogP contribution in [0.2, 0.25) is 0 Å². The van der Waals surface area contributed by atoms with E-state index >= 15 is 0 Å². The fourth-order valence-corrected chi connectivity index (χ4v) is 2.95. The summed E-state index contributed by atoms with van der Waals surface area (Å²) >= 11 is 0. The molecule has 0 aliphatic carbocycles. The molecule has 0 saturated carbocycles. The highest BCUT2D eigenvalue weighted by atomic mass is 31.1. The molecule has 1 heterocycles. The molecule has 1 rings (SSSR count). The fourth-order valence-electron chi connectivity index (χ4n) is 1.82. The van der Waals surface area contributed by atoms with Crippen molar-refractivity contribution in [3.05, 3.63) is 23.4 Å². The number of hydrogen-bond acceptors (Lipinski definition) is 5. The van der Waals surface area contributed by atoms with Gasteiger partial charge in [0.2, 0.25) is 0 Å². The minimum Gasteiger partial charge on any atom is -0.469 e. The quantitative estimate of drug-likeness (QED) is 0.585. The highest BCUT2D eigenvalue weighted by Gasteiger charge is 2.10. The molecule has 112 valence electrons. The maximum Gasteiger partial charge on any atom is 0.305 e. The van der Waals surface area contributed by atoms with Crippen LogP contribution in [0, 0.1) is 0 Å². The second kappa shape index (κ2) is 9.01. The van der Waals surface area contributed by atoms with E-state index in [2.05, 4.69) is 9.72 Å². The molecule has 0 fully saturated rings. The Balaban J connectivity index is 2.74. The number of carbonyl (C=O) groups is 1. The summed E-state index contributed by atoms with van der Waals surface area (Å²) in [6.45, 7) is 4.50. The first-order valence-electron chi connectivity index (χ1n) is 6.64. The summed E-state index contributed by atoms with van der Waals surface area (Å²) in [5.74, 6) is -0.200. The van der Waals surface area contributed by atoms with Crippen LogP contribution in [0.15, 0.2) is 12.1 Å². The third-order valence-corrected chi connectivity index (χ3v) is 4.33. The van der Waals surface area contributed by atoms with Crippen LogP contribution in [0.5, 0.6) is 0 Å². The average molecular weight is 299 g/mol. The number of aliphatic hydroxyl groups excluding tert-OH is 1. The Hall–Kier alpha value is -1.03. The van der Waals surface area contributed by atoms with Crippen LogP contribution in [-0.4, -0.2) is 36.4 Å². The molecule has 1 unspecified atom stereocenters. The minimum atomic E-state index is -0.758. The van der Waals surface area contributed by atoms with E-state index < -0.39 is 8.15 Å². The van der Waals surface area contributed by atoms with Gasteiger partial charge in [0.1, 0.15) is 0 Å². The lowest BCUT2D eigenvalue weighted by Crippen LogP contribution is -2.12. The second-order valence-corrected chi connectivity index (χ2v) is 6.04. The van der Waals surface area contributed by atoms with Gasteiger partial charge in [-0.25, -0.2) is 4.98 Å². The molecule has 0 aromatic carbocycles. The molecule has 1 aromatic rings. The van der Waals surface area contributed by atoms with Crippen molar-refractivity contribution in [2.24, 2.45) is 0 Å². The third kappa shape index (κ3) is 5.53. The van der Waals surface area contributed by atoms with Crippen molar-refractivity contribution < 1.29 is 19.2 Å². The molecular formula is C14H22NO4P. The van der Waals surface area contributed by atoms with Gasteiger partial charge in [0.15, 0.2) is 0 Å². The molecule has 6 heteroatoms. The summed E-state index contributed by atoms with van der Waals surface area (Å²) in [6.07, 6.45) is 1.87. The van der Waals surface area contributed by atoms with Crippen LogP contribution in [0.25, 0.3) is 0 Å². The van der Waals surface area contributed by atoms with Crippen LogP contribution in [0.4, 0.5) is 0 Å².